The van der Waals surface area contributed by atoms with Gasteiger partial charge in [0.05, 0.1) is 28.1 Å². The maximum absolute atomic E-state index is 2.77. The van der Waals surface area contributed by atoms with Gasteiger partial charge in [-0.1, -0.05) is 175 Å². The van der Waals surface area contributed by atoms with Crippen LogP contribution in [0.2, 0.25) is 0 Å². The Morgan fingerprint density at radius 1 is 0.403 bits per heavy atom. The van der Waals surface area contributed by atoms with Gasteiger partial charge in [0.1, 0.15) is 0 Å². The summed E-state index contributed by atoms with van der Waals surface area (Å²) in [6.45, 7) is 14.6. The Morgan fingerprint density at radius 3 is 1.65 bits per heavy atom. The summed E-state index contributed by atoms with van der Waals surface area (Å²) in [5.74, 6) is 0. The summed E-state index contributed by atoms with van der Waals surface area (Å²) in [5.41, 5.74) is 26.2. The molecule has 0 fully saturated rings. The molecule has 5 aliphatic heterocycles. The molecule has 0 atom stereocenters. The normalized spacial score (nSPS) is 16.2. The standard InChI is InChI=1S/C67H51BN4/c1-65(2)48-28-15-18-33-54(48)70(55-34-19-16-29-49(55)65)57-39-45-46-37-43(69(41-23-9-7-10-24-41)42-25-11-8-12-26-42)38-52-61(46)72(56-35-20-17-30-50(56)66(52,3)4)68-53-32-21-31-51-63(53)71-62-47(58(57)64(71)60(45)68)36-40-22-13-14-27-44(40)59(62)67(51,5)6/h7-39H,1-6H3. The lowest BCUT2D eigenvalue weighted by Gasteiger charge is -2.51. The van der Waals surface area contributed by atoms with Gasteiger partial charge in [-0.2, -0.15) is 0 Å². The van der Waals surface area contributed by atoms with Crippen molar-refractivity contribution in [3.05, 3.63) is 234 Å². The molecule has 72 heavy (non-hydrogen) atoms. The molecule has 0 spiro atoms. The molecule has 16 rings (SSSR count). The van der Waals surface area contributed by atoms with E-state index in [0.29, 0.717) is 0 Å². The molecule has 342 valence electrons. The van der Waals surface area contributed by atoms with E-state index in [1.54, 1.807) is 0 Å². The quantitative estimate of drug-likeness (QED) is 0.164. The summed E-state index contributed by atoms with van der Waals surface area (Å²) in [6.07, 6.45) is 0. The molecule has 0 unspecified atom stereocenters. The third-order valence-corrected chi connectivity index (χ3v) is 17.8. The van der Waals surface area contributed by atoms with E-state index in [1.165, 1.54) is 122 Å². The van der Waals surface area contributed by atoms with E-state index in [0.717, 1.165) is 17.1 Å². The molecule has 0 amide bonds. The molecule has 0 aliphatic carbocycles. The van der Waals surface area contributed by atoms with Crippen molar-refractivity contribution in [2.24, 2.45) is 0 Å². The molecule has 0 saturated carbocycles. The third kappa shape index (κ3) is 4.80. The van der Waals surface area contributed by atoms with Crippen LogP contribution in [-0.4, -0.2) is 11.4 Å². The van der Waals surface area contributed by atoms with E-state index < -0.39 is 0 Å². The summed E-state index contributed by atoms with van der Waals surface area (Å²) in [5, 5.41) is 5.22. The maximum Gasteiger partial charge on any atom is 0.333 e. The highest BCUT2D eigenvalue weighted by atomic mass is 15.2. The van der Waals surface area contributed by atoms with E-state index in [2.05, 4.69) is 261 Å². The fourth-order valence-corrected chi connectivity index (χ4v) is 14.6. The van der Waals surface area contributed by atoms with Crippen molar-refractivity contribution in [3.8, 4) is 16.8 Å². The molecular formula is C67H51BN4. The summed E-state index contributed by atoms with van der Waals surface area (Å²) < 4.78 is 2.75. The van der Waals surface area contributed by atoms with Crippen LogP contribution in [0, 0.1) is 0 Å². The zero-order valence-corrected chi connectivity index (χ0v) is 41.4. The molecule has 11 aromatic rings. The minimum Gasteiger partial charge on any atom is -0.376 e. The lowest BCUT2D eigenvalue weighted by atomic mass is 9.42. The Balaban J connectivity index is 1.15. The Morgan fingerprint density at radius 2 is 0.972 bits per heavy atom. The summed E-state index contributed by atoms with van der Waals surface area (Å²) in [7, 11) is 0. The van der Waals surface area contributed by atoms with Crippen molar-refractivity contribution in [1.82, 2.24) is 4.57 Å². The van der Waals surface area contributed by atoms with Crippen LogP contribution in [0.5, 0.6) is 0 Å². The minimum atomic E-state index is -0.330. The lowest BCUT2D eigenvalue weighted by Crippen LogP contribution is -2.62. The fourth-order valence-electron chi connectivity index (χ4n) is 14.6. The fraction of sp³-hybridized carbons (Fsp3) is 0.134. The molecule has 0 radical (unpaired) electrons. The number of fused-ring (bicyclic) bond motifs is 10. The topological polar surface area (TPSA) is 14.7 Å². The van der Waals surface area contributed by atoms with Crippen molar-refractivity contribution >= 4 is 95.9 Å². The van der Waals surface area contributed by atoms with Gasteiger partial charge in [-0.25, -0.2) is 0 Å². The molecule has 0 saturated heterocycles. The summed E-state index contributed by atoms with van der Waals surface area (Å²) >= 11 is 0. The first-order valence-electron chi connectivity index (χ1n) is 25.7. The largest absolute Gasteiger partial charge is 0.376 e. The Bertz CT molecular complexity index is 4130. The predicted octanol–water partition coefficient (Wildman–Crippen LogP) is 16.0. The van der Waals surface area contributed by atoms with Gasteiger partial charge in [0.2, 0.25) is 0 Å². The predicted molar refractivity (Wildman–Crippen MR) is 303 cm³/mol. The third-order valence-electron chi connectivity index (χ3n) is 17.8. The number of nitrogens with zero attached hydrogens (tertiary/aromatic N) is 4. The Kier molecular flexibility index (Phi) is 7.62. The first-order chi connectivity index (χ1) is 35.0. The van der Waals surface area contributed by atoms with Crippen LogP contribution in [0.15, 0.2) is 200 Å². The van der Waals surface area contributed by atoms with E-state index in [-0.39, 0.29) is 23.1 Å². The number of hydrogen-bond acceptors (Lipinski definition) is 3. The molecular weight excluding hydrogens is 872 g/mol. The highest BCUT2D eigenvalue weighted by molar-refractivity contribution is 6.94. The number of hydrogen-bond donors (Lipinski definition) is 0. The van der Waals surface area contributed by atoms with Crippen LogP contribution in [0.1, 0.15) is 74.9 Å². The Hall–Kier alpha value is -8.28. The smallest absolute Gasteiger partial charge is 0.333 e. The van der Waals surface area contributed by atoms with Crippen LogP contribution in [0.4, 0.5) is 45.5 Å². The second-order valence-corrected chi connectivity index (χ2v) is 22.5. The lowest BCUT2D eigenvalue weighted by molar-refractivity contribution is 0.632. The van der Waals surface area contributed by atoms with Crippen molar-refractivity contribution in [2.75, 3.05) is 14.6 Å². The molecule has 5 aliphatic rings. The average molecular weight is 923 g/mol. The van der Waals surface area contributed by atoms with E-state index in [4.69, 9.17) is 0 Å². The summed E-state index contributed by atoms with van der Waals surface area (Å²) in [6, 6.07) is 76.1. The monoisotopic (exact) mass is 922 g/mol. The van der Waals surface area contributed by atoms with Crippen molar-refractivity contribution in [3.63, 3.8) is 0 Å². The molecule has 6 heterocycles. The molecule has 0 N–H and O–H groups in total. The Labute approximate surface area is 421 Å². The number of aromatic nitrogens is 1. The van der Waals surface area contributed by atoms with Gasteiger partial charge in [-0.05, 0) is 127 Å². The van der Waals surface area contributed by atoms with Crippen LogP contribution in [-0.2, 0) is 16.2 Å². The molecule has 1 aromatic heterocycles. The maximum atomic E-state index is 2.77. The number of benzene rings is 10. The van der Waals surface area contributed by atoms with Crippen molar-refractivity contribution in [1.29, 1.82) is 0 Å². The van der Waals surface area contributed by atoms with Crippen molar-refractivity contribution in [2.45, 2.75) is 57.8 Å². The molecule has 0 bridgehead atoms. The van der Waals surface area contributed by atoms with E-state index in [1.807, 2.05) is 0 Å². The van der Waals surface area contributed by atoms with Crippen LogP contribution >= 0.6 is 0 Å². The second kappa shape index (κ2) is 13.6. The van der Waals surface area contributed by atoms with Gasteiger partial charge < -0.3 is 19.2 Å². The molecule has 4 nitrogen and oxygen atoms in total. The zero-order chi connectivity index (χ0) is 48.2. The number of rotatable bonds is 4. The molecule has 5 heteroatoms. The summed E-state index contributed by atoms with van der Waals surface area (Å²) in [4.78, 5) is 7.88. The second-order valence-electron chi connectivity index (χ2n) is 22.5. The van der Waals surface area contributed by atoms with Gasteiger partial charge in [0.15, 0.2) is 0 Å². The first-order valence-corrected chi connectivity index (χ1v) is 25.7. The zero-order valence-electron chi connectivity index (χ0n) is 41.4. The number of anilines is 8. The minimum absolute atomic E-state index is 0.0939. The van der Waals surface area contributed by atoms with Crippen LogP contribution < -0.4 is 25.5 Å². The molecule has 10 aromatic carbocycles. The van der Waals surface area contributed by atoms with Crippen LogP contribution in [0.25, 0.3) is 49.4 Å². The van der Waals surface area contributed by atoms with Gasteiger partial charge in [-0.15, -0.1) is 0 Å². The van der Waals surface area contributed by atoms with E-state index in [9.17, 15) is 0 Å². The number of para-hydroxylation sites is 6. The van der Waals surface area contributed by atoms with Crippen LogP contribution in [0.3, 0.4) is 0 Å². The first kappa shape index (κ1) is 40.5. The van der Waals surface area contributed by atoms with Gasteiger partial charge in [0, 0.05) is 66.7 Å². The van der Waals surface area contributed by atoms with Gasteiger partial charge >= 0.3 is 6.85 Å². The van der Waals surface area contributed by atoms with Gasteiger partial charge in [0.25, 0.3) is 0 Å². The SMILES string of the molecule is CC1(C)c2ccccc2N(c2cc3c4c5c2c2cc6ccccc6c6c2n5-c2c(cccc2C6(C)C)B4N2c4ccccc4C(C)(C)c4cc(N(c5ccccc5)c5ccccc5)cc-3c42)c2ccccc21. The highest BCUT2D eigenvalue weighted by Crippen LogP contribution is 2.62. The van der Waals surface area contributed by atoms with E-state index >= 15 is 0 Å². The van der Waals surface area contributed by atoms with Crippen molar-refractivity contribution < 1.29 is 0 Å². The van der Waals surface area contributed by atoms with Gasteiger partial charge in [-0.3, -0.25) is 0 Å². The highest BCUT2D eigenvalue weighted by Gasteiger charge is 2.53. The average Bonchev–Trinajstić information content (AvgIpc) is 3.74.